The van der Waals surface area contributed by atoms with E-state index in [2.05, 4.69) is 5.32 Å². The van der Waals surface area contributed by atoms with Gasteiger partial charge in [-0.3, -0.25) is 4.79 Å². The maximum Gasteiger partial charge on any atom is 0.244 e. The van der Waals surface area contributed by atoms with Crippen LogP contribution in [0, 0.1) is 27.7 Å². The SMILES string of the molecule is Cc1cc(C)c(C)c(S(=O)(=O)N2Cc3ccccc3CC2C(=O)NC2CCCCCC2)c1C. The molecule has 0 spiro atoms. The molecule has 0 aromatic heterocycles. The first-order valence-corrected chi connectivity index (χ1v) is 13.6. The van der Waals surface area contributed by atoms with Gasteiger partial charge in [-0.2, -0.15) is 4.31 Å². The first kappa shape index (κ1) is 24.0. The molecule has 1 amide bonds. The summed E-state index contributed by atoms with van der Waals surface area (Å²) in [5.74, 6) is -0.167. The van der Waals surface area contributed by atoms with Crippen LogP contribution in [0.4, 0.5) is 0 Å². The molecule has 6 heteroatoms. The maximum atomic E-state index is 14.2. The lowest BCUT2D eigenvalue weighted by molar-refractivity contribution is -0.126. The van der Waals surface area contributed by atoms with Gasteiger partial charge < -0.3 is 5.32 Å². The predicted molar refractivity (Wildman–Crippen MR) is 132 cm³/mol. The van der Waals surface area contributed by atoms with Crippen molar-refractivity contribution in [2.45, 2.75) is 96.2 Å². The maximum absolute atomic E-state index is 14.2. The van der Waals surface area contributed by atoms with Gasteiger partial charge in [0, 0.05) is 12.6 Å². The Hall–Kier alpha value is -2.18. The number of aryl methyl sites for hydroxylation is 2. The number of carbonyl (C=O) groups is 1. The highest BCUT2D eigenvalue weighted by atomic mass is 32.2. The molecule has 1 atom stereocenters. The van der Waals surface area contributed by atoms with Crippen molar-refractivity contribution < 1.29 is 13.2 Å². The lowest BCUT2D eigenvalue weighted by atomic mass is 9.95. The second kappa shape index (κ2) is 9.59. The molecule has 2 aromatic rings. The van der Waals surface area contributed by atoms with Crippen molar-refractivity contribution in [3.05, 3.63) is 63.7 Å². The summed E-state index contributed by atoms with van der Waals surface area (Å²) in [6.45, 7) is 7.85. The number of amides is 1. The van der Waals surface area contributed by atoms with E-state index in [-0.39, 0.29) is 18.5 Å². The van der Waals surface area contributed by atoms with Crippen LogP contribution in [-0.2, 0) is 27.8 Å². The number of fused-ring (bicyclic) bond motifs is 1. The molecule has 33 heavy (non-hydrogen) atoms. The molecule has 1 unspecified atom stereocenters. The number of hydrogen-bond acceptors (Lipinski definition) is 3. The van der Waals surface area contributed by atoms with Crippen LogP contribution in [0.5, 0.6) is 0 Å². The number of nitrogens with zero attached hydrogens (tertiary/aromatic N) is 1. The van der Waals surface area contributed by atoms with E-state index in [0.29, 0.717) is 11.3 Å². The molecule has 1 aliphatic heterocycles. The molecule has 1 N–H and O–H groups in total. The second-order valence-electron chi connectivity index (χ2n) is 9.83. The zero-order valence-corrected chi connectivity index (χ0v) is 21.1. The highest BCUT2D eigenvalue weighted by Gasteiger charge is 2.41. The third-order valence-electron chi connectivity index (χ3n) is 7.57. The fourth-order valence-electron chi connectivity index (χ4n) is 5.38. The van der Waals surface area contributed by atoms with Gasteiger partial charge in [0.25, 0.3) is 0 Å². The zero-order chi connectivity index (χ0) is 23.8. The fourth-order valence-corrected chi connectivity index (χ4v) is 7.53. The molecule has 1 aliphatic carbocycles. The van der Waals surface area contributed by atoms with Crippen LogP contribution in [-0.4, -0.2) is 30.7 Å². The summed E-state index contributed by atoms with van der Waals surface area (Å²) >= 11 is 0. The van der Waals surface area contributed by atoms with Gasteiger partial charge in [-0.25, -0.2) is 8.42 Å². The highest BCUT2D eigenvalue weighted by molar-refractivity contribution is 7.89. The Balaban J connectivity index is 1.74. The molecule has 2 aromatic carbocycles. The smallest absolute Gasteiger partial charge is 0.244 e. The number of sulfonamides is 1. The van der Waals surface area contributed by atoms with Gasteiger partial charge >= 0.3 is 0 Å². The number of benzene rings is 2. The van der Waals surface area contributed by atoms with Gasteiger partial charge in [-0.1, -0.05) is 56.0 Å². The third kappa shape index (κ3) is 4.73. The van der Waals surface area contributed by atoms with Crippen LogP contribution < -0.4 is 5.32 Å². The first-order chi connectivity index (χ1) is 15.7. The standard InChI is InChI=1S/C27H36N2O3S/c1-18-15-19(2)21(4)26(20(18)3)33(31,32)29-17-23-12-10-9-11-22(23)16-25(29)27(30)28-24-13-7-5-6-8-14-24/h9-12,15,24-25H,5-8,13-14,16-17H2,1-4H3,(H,28,30). The average Bonchev–Trinajstić information content (AvgIpc) is 3.05. The van der Waals surface area contributed by atoms with Crippen molar-refractivity contribution in [3.8, 4) is 0 Å². The lowest BCUT2D eigenvalue weighted by Crippen LogP contribution is -2.54. The number of nitrogens with one attached hydrogen (secondary N) is 1. The second-order valence-corrected chi connectivity index (χ2v) is 11.7. The van der Waals surface area contributed by atoms with Crippen LogP contribution in [0.1, 0.15) is 71.9 Å². The fraction of sp³-hybridized carbons (Fsp3) is 0.519. The van der Waals surface area contributed by atoms with Gasteiger partial charge in [0.15, 0.2) is 0 Å². The van der Waals surface area contributed by atoms with Crippen molar-refractivity contribution in [2.24, 2.45) is 0 Å². The van der Waals surface area contributed by atoms with E-state index in [9.17, 15) is 13.2 Å². The van der Waals surface area contributed by atoms with Gasteiger partial charge in [-0.15, -0.1) is 0 Å². The van der Waals surface area contributed by atoms with Gasteiger partial charge in [0.2, 0.25) is 15.9 Å². The minimum absolute atomic E-state index is 0.131. The molecule has 5 nitrogen and oxygen atoms in total. The number of hydrogen-bond donors (Lipinski definition) is 1. The van der Waals surface area contributed by atoms with E-state index in [1.165, 1.54) is 17.1 Å². The molecule has 4 rings (SSSR count). The molecule has 178 valence electrons. The topological polar surface area (TPSA) is 66.5 Å². The van der Waals surface area contributed by atoms with Crippen molar-refractivity contribution in [3.63, 3.8) is 0 Å². The van der Waals surface area contributed by atoms with E-state index in [1.807, 2.05) is 58.0 Å². The summed E-state index contributed by atoms with van der Waals surface area (Å²) in [6.07, 6.45) is 6.97. The van der Waals surface area contributed by atoms with Gasteiger partial charge in [0.05, 0.1) is 4.90 Å². The van der Waals surface area contributed by atoms with E-state index in [1.54, 1.807) is 0 Å². The Bertz CT molecular complexity index is 1120. The van der Waals surface area contributed by atoms with E-state index in [4.69, 9.17) is 0 Å². The Morgan fingerprint density at radius 1 is 0.909 bits per heavy atom. The summed E-state index contributed by atoms with van der Waals surface area (Å²) in [4.78, 5) is 13.9. The summed E-state index contributed by atoms with van der Waals surface area (Å²) in [5, 5.41) is 3.22. The normalized spacial score (nSPS) is 20.2. The Morgan fingerprint density at radius 3 is 2.09 bits per heavy atom. The Kier molecular flexibility index (Phi) is 6.96. The predicted octanol–water partition coefficient (Wildman–Crippen LogP) is 4.87. The molecule has 1 heterocycles. The quantitative estimate of drug-likeness (QED) is 0.651. The Morgan fingerprint density at radius 2 is 1.48 bits per heavy atom. The monoisotopic (exact) mass is 468 g/mol. The van der Waals surface area contributed by atoms with Gasteiger partial charge in [-0.05, 0) is 80.3 Å². The number of carbonyl (C=O) groups excluding carboxylic acids is 1. The van der Waals surface area contributed by atoms with Crippen LogP contribution in [0.3, 0.4) is 0 Å². The van der Waals surface area contributed by atoms with Gasteiger partial charge in [0.1, 0.15) is 6.04 Å². The van der Waals surface area contributed by atoms with E-state index >= 15 is 0 Å². The lowest BCUT2D eigenvalue weighted by Gasteiger charge is -2.36. The first-order valence-electron chi connectivity index (χ1n) is 12.2. The molecule has 1 fully saturated rings. The average molecular weight is 469 g/mol. The van der Waals surface area contributed by atoms with Crippen molar-refractivity contribution >= 4 is 15.9 Å². The van der Waals surface area contributed by atoms with Crippen LogP contribution >= 0.6 is 0 Å². The summed E-state index contributed by atoms with van der Waals surface area (Å²) < 4.78 is 29.8. The minimum Gasteiger partial charge on any atom is -0.352 e. The molecule has 1 saturated carbocycles. The molecular formula is C27H36N2O3S. The van der Waals surface area contributed by atoms with Crippen LogP contribution in [0.15, 0.2) is 35.2 Å². The van der Waals surface area contributed by atoms with Crippen LogP contribution in [0.25, 0.3) is 0 Å². The number of rotatable bonds is 4. The largest absolute Gasteiger partial charge is 0.352 e. The third-order valence-corrected chi connectivity index (χ3v) is 9.70. The van der Waals surface area contributed by atoms with Crippen molar-refractivity contribution in [2.75, 3.05) is 0 Å². The molecular weight excluding hydrogens is 432 g/mol. The summed E-state index contributed by atoms with van der Waals surface area (Å²) in [7, 11) is -3.88. The summed E-state index contributed by atoms with van der Waals surface area (Å²) in [6, 6.07) is 9.30. The van der Waals surface area contributed by atoms with Crippen LogP contribution in [0.2, 0.25) is 0 Å². The van der Waals surface area contributed by atoms with E-state index in [0.717, 1.165) is 59.1 Å². The Labute approximate surface area is 198 Å². The van der Waals surface area contributed by atoms with Crippen molar-refractivity contribution in [1.82, 2.24) is 9.62 Å². The summed E-state index contributed by atoms with van der Waals surface area (Å²) in [5.41, 5.74) is 5.46. The molecule has 0 saturated heterocycles. The van der Waals surface area contributed by atoms with Crippen molar-refractivity contribution in [1.29, 1.82) is 0 Å². The molecule has 0 bridgehead atoms. The highest BCUT2D eigenvalue weighted by Crippen LogP contribution is 2.34. The zero-order valence-electron chi connectivity index (χ0n) is 20.3. The molecule has 0 radical (unpaired) electrons. The minimum atomic E-state index is -3.88. The van der Waals surface area contributed by atoms with E-state index < -0.39 is 16.1 Å². The molecule has 2 aliphatic rings.